The van der Waals surface area contributed by atoms with Gasteiger partial charge in [-0.2, -0.15) is 18.2 Å². The molecular weight excluding hydrogens is 409 g/mol. The third-order valence-corrected chi connectivity index (χ3v) is 6.35. The Kier molecular flexibility index (Phi) is 4.56. The number of amides is 2. The molecule has 2 aliphatic rings. The second-order valence-electron chi connectivity index (χ2n) is 7.01. The van der Waals surface area contributed by atoms with E-state index in [-0.39, 0.29) is 24.3 Å². The number of hydrogen-bond acceptors (Lipinski definition) is 6. The maximum absolute atomic E-state index is 12.9. The van der Waals surface area contributed by atoms with E-state index >= 15 is 0 Å². The molecule has 0 aliphatic carbocycles. The molecule has 0 atom stereocenters. The smallest absolute Gasteiger partial charge is 0.336 e. The highest BCUT2D eigenvalue weighted by molar-refractivity contribution is 7.17. The van der Waals surface area contributed by atoms with Crippen LogP contribution in [0, 0.1) is 0 Å². The van der Waals surface area contributed by atoms with Crippen LogP contribution in [-0.2, 0) is 31.0 Å². The fraction of sp³-hybridized carbons (Fsp3) is 0.529. The maximum Gasteiger partial charge on any atom is 0.453 e. The standard InChI is InChI=1S/C17H19F3N6O2S/c1-4-26-11(27)8-23(2)13(28)12-9-5-6-25(7-10(9)29-14(12)26)16-21-15(17(18,19)20)22-24(16)3/h4-8H2,1-3H3. The quantitative estimate of drug-likeness (QED) is 0.731. The summed E-state index contributed by atoms with van der Waals surface area (Å²) < 4.78 is 40.0. The first-order chi connectivity index (χ1) is 13.6. The van der Waals surface area contributed by atoms with Crippen molar-refractivity contribution in [1.82, 2.24) is 19.7 Å². The van der Waals surface area contributed by atoms with E-state index in [0.29, 0.717) is 36.6 Å². The van der Waals surface area contributed by atoms with Gasteiger partial charge in [-0.3, -0.25) is 9.59 Å². The summed E-state index contributed by atoms with van der Waals surface area (Å²) in [5.41, 5.74) is 1.40. The van der Waals surface area contributed by atoms with Crippen LogP contribution in [0.15, 0.2) is 0 Å². The Bertz CT molecular complexity index is 998. The zero-order chi connectivity index (χ0) is 21.1. The fourth-order valence-electron chi connectivity index (χ4n) is 3.73. The first-order valence-electron chi connectivity index (χ1n) is 9.05. The zero-order valence-electron chi connectivity index (χ0n) is 16.1. The molecule has 0 radical (unpaired) electrons. The molecule has 4 rings (SSSR count). The summed E-state index contributed by atoms with van der Waals surface area (Å²) in [7, 11) is 3.02. The minimum Gasteiger partial charge on any atom is -0.336 e. The Labute approximate surface area is 168 Å². The average Bonchev–Trinajstić information content (AvgIpc) is 3.19. The SMILES string of the molecule is CCN1C(=O)CN(C)C(=O)c2c1sc1c2CCN(c2nc(C(F)(F)F)nn2C)C1. The van der Waals surface area contributed by atoms with Crippen molar-refractivity contribution >= 4 is 34.1 Å². The molecule has 2 aromatic heterocycles. The predicted molar refractivity (Wildman–Crippen MR) is 100 cm³/mol. The van der Waals surface area contributed by atoms with E-state index in [9.17, 15) is 22.8 Å². The number of nitrogens with zero attached hydrogens (tertiary/aromatic N) is 6. The highest BCUT2D eigenvalue weighted by Crippen LogP contribution is 2.42. The van der Waals surface area contributed by atoms with Crippen molar-refractivity contribution in [2.24, 2.45) is 7.05 Å². The molecule has 2 amide bonds. The lowest BCUT2D eigenvalue weighted by Gasteiger charge is -2.27. The van der Waals surface area contributed by atoms with Gasteiger partial charge in [0.1, 0.15) is 11.5 Å². The Morgan fingerprint density at radius 3 is 2.52 bits per heavy atom. The van der Waals surface area contributed by atoms with Gasteiger partial charge in [-0.15, -0.1) is 16.4 Å². The van der Waals surface area contributed by atoms with E-state index in [4.69, 9.17) is 0 Å². The van der Waals surface area contributed by atoms with Crippen LogP contribution in [0.2, 0.25) is 0 Å². The molecule has 8 nitrogen and oxygen atoms in total. The summed E-state index contributed by atoms with van der Waals surface area (Å²) >= 11 is 1.35. The van der Waals surface area contributed by atoms with Crippen molar-refractivity contribution in [2.45, 2.75) is 26.1 Å². The van der Waals surface area contributed by atoms with Crippen LogP contribution in [0.25, 0.3) is 0 Å². The summed E-state index contributed by atoms with van der Waals surface area (Å²) in [5, 5.41) is 4.09. The summed E-state index contributed by atoms with van der Waals surface area (Å²) in [5.74, 6) is -1.41. The number of carbonyl (C=O) groups is 2. The van der Waals surface area contributed by atoms with Gasteiger partial charge in [0.25, 0.3) is 11.7 Å². The first kappa shape index (κ1) is 19.7. The molecule has 12 heteroatoms. The van der Waals surface area contributed by atoms with Gasteiger partial charge in [0, 0.05) is 32.1 Å². The first-order valence-corrected chi connectivity index (χ1v) is 9.87. The molecular formula is C17H19F3N6O2S. The molecule has 29 heavy (non-hydrogen) atoms. The van der Waals surface area contributed by atoms with Gasteiger partial charge in [0.05, 0.1) is 12.1 Å². The molecule has 0 N–H and O–H groups in total. The molecule has 4 heterocycles. The average molecular weight is 428 g/mol. The number of aryl methyl sites for hydroxylation is 1. The zero-order valence-corrected chi connectivity index (χ0v) is 16.9. The Balaban J connectivity index is 1.72. The van der Waals surface area contributed by atoms with Gasteiger partial charge in [-0.25, -0.2) is 4.68 Å². The van der Waals surface area contributed by atoms with Gasteiger partial charge in [-0.05, 0) is 18.9 Å². The van der Waals surface area contributed by atoms with Gasteiger partial charge in [0.15, 0.2) is 0 Å². The van der Waals surface area contributed by atoms with Crippen LogP contribution < -0.4 is 9.80 Å². The van der Waals surface area contributed by atoms with Crippen LogP contribution in [0.4, 0.5) is 24.1 Å². The Hall–Kier alpha value is -2.63. The Morgan fingerprint density at radius 2 is 1.90 bits per heavy atom. The molecule has 156 valence electrons. The van der Waals surface area contributed by atoms with E-state index in [0.717, 1.165) is 15.1 Å². The largest absolute Gasteiger partial charge is 0.453 e. The predicted octanol–water partition coefficient (Wildman–Crippen LogP) is 1.90. The van der Waals surface area contributed by atoms with E-state index in [1.807, 2.05) is 6.92 Å². The number of hydrogen-bond donors (Lipinski definition) is 0. The van der Waals surface area contributed by atoms with Crippen molar-refractivity contribution in [3.05, 3.63) is 21.8 Å². The Morgan fingerprint density at radius 1 is 1.17 bits per heavy atom. The van der Waals surface area contributed by atoms with Gasteiger partial charge in [0.2, 0.25) is 11.9 Å². The molecule has 0 aromatic carbocycles. The van der Waals surface area contributed by atoms with Crippen LogP contribution in [-0.4, -0.2) is 58.2 Å². The summed E-state index contributed by atoms with van der Waals surface area (Å²) in [4.78, 5) is 34.6. The lowest BCUT2D eigenvalue weighted by Crippen LogP contribution is -2.37. The van der Waals surface area contributed by atoms with Crippen LogP contribution in [0.5, 0.6) is 0 Å². The normalized spacial score (nSPS) is 17.5. The van der Waals surface area contributed by atoms with E-state index in [1.165, 1.54) is 23.3 Å². The molecule has 0 fully saturated rings. The van der Waals surface area contributed by atoms with Crippen LogP contribution >= 0.6 is 11.3 Å². The minimum atomic E-state index is -4.61. The third kappa shape index (κ3) is 3.15. The van der Waals surface area contributed by atoms with Crippen molar-refractivity contribution in [3.63, 3.8) is 0 Å². The van der Waals surface area contributed by atoms with E-state index in [1.54, 1.807) is 16.8 Å². The molecule has 2 aliphatic heterocycles. The second kappa shape index (κ2) is 6.71. The summed E-state index contributed by atoms with van der Waals surface area (Å²) in [6.07, 6.45) is -4.14. The van der Waals surface area contributed by atoms with Crippen LogP contribution in [0.3, 0.4) is 0 Å². The molecule has 0 saturated carbocycles. The molecule has 0 unspecified atom stereocenters. The maximum atomic E-state index is 12.9. The van der Waals surface area contributed by atoms with E-state index < -0.39 is 12.0 Å². The van der Waals surface area contributed by atoms with Crippen molar-refractivity contribution in [1.29, 1.82) is 0 Å². The van der Waals surface area contributed by atoms with E-state index in [2.05, 4.69) is 10.1 Å². The highest BCUT2D eigenvalue weighted by Gasteiger charge is 2.39. The lowest BCUT2D eigenvalue weighted by molar-refractivity contribution is -0.144. The third-order valence-electron chi connectivity index (χ3n) is 5.11. The van der Waals surface area contributed by atoms with Crippen molar-refractivity contribution in [2.75, 3.05) is 36.5 Å². The van der Waals surface area contributed by atoms with Crippen LogP contribution in [0.1, 0.15) is 33.5 Å². The molecule has 0 bridgehead atoms. The topological polar surface area (TPSA) is 74.6 Å². The summed E-state index contributed by atoms with van der Waals surface area (Å²) in [6, 6.07) is 0. The minimum absolute atomic E-state index is 0.0220. The second-order valence-corrected chi connectivity index (χ2v) is 8.10. The number of alkyl halides is 3. The number of carbonyl (C=O) groups excluding carboxylic acids is 2. The number of aromatic nitrogens is 3. The fourth-order valence-corrected chi connectivity index (χ4v) is 5.16. The van der Waals surface area contributed by atoms with Gasteiger partial charge in [-0.1, -0.05) is 0 Å². The number of fused-ring (bicyclic) bond motifs is 3. The molecule has 0 spiro atoms. The monoisotopic (exact) mass is 428 g/mol. The number of thiophene rings is 1. The molecule has 2 aromatic rings. The number of likely N-dealkylation sites (N-methyl/N-ethyl adjacent to an activating group) is 2. The lowest BCUT2D eigenvalue weighted by atomic mass is 10.0. The van der Waals surface area contributed by atoms with Gasteiger partial charge < -0.3 is 14.7 Å². The summed E-state index contributed by atoms with van der Waals surface area (Å²) in [6.45, 7) is 3.01. The highest BCUT2D eigenvalue weighted by atomic mass is 32.1. The number of anilines is 2. The van der Waals surface area contributed by atoms with Crippen molar-refractivity contribution in [3.8, 4) is 0 Å². The van der Waals surface area contributed by atoms with Gasteiger partial charge >= 0.3 is 6.18 Å². The number of halogens is 3. The van der Waals surface area contributed by atoms with Crippen molar-refractivity contribution < 1.29 is 22.8 Å². The number of rotatable bonds is 2. The molecule has 0 saturated heterocycles.